The topological polar surface area (TPSA) is 38.1 Å². The largest absolute Gasteiger partial charge is 0.448 e. The molecule has 0 aromatic carbocycles. The van der Waals surface area contributed by atoms with Crippen molar-refractivity contribution in [1.82, 2.24) is 10.3 Å². The van der Waals surface area contributed by atoms with E-state index < -0.39 is 0 Å². The average molecular weight is 257 g/mol. The molecule has 2 rings (SSSR count). The van der Waals surface area contributed by atoms with E-state index in [0.29, 0.717) is 5.22 Å². The summed E-state index contributed by atoms with van der Waals surface area (Å²) in [6.07, 6.45) is 0.810. The second-order valence-electron chi connectivity index (χ2n) is 3.55. The third kappa shape index (κ3) is 2.64. The van der Waals surface area contributed by atoms with Gasteiger partial charge < -0.3 is 9.73 Å². The van der Waals surface area contributed by atoms with E-state index in [2.05, 4.69) is 15.7 Å². The van der Waals surface area contributed by atoms with Crippen LogP contribution in [0.15, 0.2) is 21.9 Å². The molecule has 2 heterocycles. The molecular weight excluding hydrogens is 244 g/mol. The molecule has 2 aromatic rings. The molecule has 0 bridgehead atoms. The highest BCUT2D eigenvalue weighted by Crippen LogP contribution is 2.23. The number of rotatable bonds is 4. The summed E-state index contributed by atoms with van der Waals surface area (Å²) in [5.74, 6) is 0.846. The van der Waals surface area contributed by atoms with Crippen molar-refractivity contribution in [3.63, 3.8) is 0 Å². The van der Waals surface area contributed by atoms with Crippen molar-refractivity contribution in [3.05, 3.63) is 39.2 Å². The molecule has 1 atom stereocenters. The number of aryl methyl sites for hydroxylation is 1. The Morgan fingerprint density at radius 1 is 1.56 bits per heavy atom. The summed E-state index contributed by atoms with van der Waals surface area (Å²) in [5, 5.41) is 6.78. The zero-order valence-corrected chi connectivity index (χ0v) is 10.7. The summed E-state index contributed by atoms with van der Waals surface area (Å²) < 4.78 is 5.39. The van der Waals surface area contributed by atoms with Crippen LogP contribution in [0.5, 0.6) is 0 Å². The Bertz CT molecular complexity index is 466. The van der Waals surface area contributed by atoms with Crippen molar-refractivity contribution in [2.45, 2.75) is 19.4 Å². The second-order valence-corrected chi connectivity index (χ2v) is 4.98. The molecule has 2 aromatic heterocycles. The molecule has 0 radical (unpaired) electrons. The number of thiazole rings is 1. The van der Waals surface area contributed by atoms with Gasteiger partial charge in [-0.3, -0.25) is 0 Å². The summed E-state index contributed by atoms with van der Waals surface area (Å²) in [6.45, 7) is 2.01. The molecule has 86 valence electrons. The maximum Gasteiger partial charge on any atom is 0.193 e. The molecule has 0 aliphatic rings. The molecule has 0 amide bonds. The quantitative estimate of drug-likeness (QED) is 0.913. The van der Waals surface area contributed by atoms with Gasteiger partial charge in [-0.2, -0.15) is 0 Å². The maximum absolute atomic E-state index is 5.76. The number of likely N-dealkylation sites (N-methyl/N-ethyl adjacent to an activating group) is 1. The van der Waals surface area contributed by atoms with Gasteiger partial charge in [0, 0.05) is 11.8 Å². The minimum atomic E-state index is 0.119. The molecule has 0 spiro atoms. The van der Waals surface area contributed by atoms with Crippen LogP contribution >= 0.6 is 22.9 Å². The molecule has 5 heteroatoms. The summed E-state index contributed by atoms with van der Waals surface area (Å²) in [7, 11) is 1.90. The molecular formula is C11H13ClN2OS. The van der Waals surface area contributed by atoms with Gasteiger partial charge in [0.2, 0.25) is 0 Å². The second kappa shape index (κ2) is 4.99. The highest BCUT2D eigenvalue weighted by Gasteiger charge is 2.15. The van der Waals surface area contributed by atoms with E-state index in [-0.39, 0.29) is 6.04 Å². The first-order valence-corrected chi connectivity index (χ1v) is 6.28. The molecule has 0 aliphatic heterocycles. The first kappa shape index (κ1) is 11.6. The Balaban J connectivity index is 2.12. The van der Waals surface area contributed by atoms with Crippen LogP contribution in [-0.2, 0) is 6.42 Å². The fourth-order valence-electron chi connectivity index (χ4n) is 1.57. The van der Waals surface area contributed by atoms with Crippen LogP contribution in [0.2, 0.25) is 5.22 Å². The predicted octanol–water partition coefficient (Wildman–Crippen LogP) is 3.20. The minimum absolute atomic E-state index is 0.119. The Morgan fingerprint density at radius 3 is 2.88 bits per heavy atom. The van der Waals surface area contributed by atoms with Crippen LogP contribution in [-0.4, -0.2) is 12.0 Å². The Kier molecular flexibility index (Phi) is 3.63. The first-order chi connectivity index (χ1) is 7.69. The zero-order chi connectivity index (χ0) is 11.5. The Hall–Kier alpha value is -0.840. The van der Waals surface area contributed by atoms with Gasteiger partial charge >= 0.3 is 0 Å². The van der Waals surface area contributed by atoms with E-state index in [4.69, 9.17) is 16.0 Å². The fraction of sp³-hybridized carbons (Fsp3) is 0.364. The molecule has 3 nitrogen and oxygen atoms in total. The summed E-state index contributed by atoms with van der Waals surface area (Å²) in [6, 6.07) is 3.77. The number of nitrogens with zero attached hydrogens (tertiary/aromatic N) is 1. The van der Waals surface area contributed by atoms with Crippen LogP contribution in [0.4, 0.5) is 0 Å². The lowest BCUT2D eigenvalue weighted by atomic mass is 10.1. The van der Waals surface area contributed by atoms with Gasteiger partial charge in [-0.1, -0.05) is 0 Å². The van der Waals surface area contributed by atoms with Gasteiger partial charge in [-0.25, -0.2) is 4.98 Å². The van der Waals surface area contributed by atoms with Gasteiger partial charge in [-0.15, -0.1) is 11.3 Å². The number of hydrogen-bond donors (Lipinski definition) is 1. The predicted molar refractivity (Wildman–Crippen MR) is 66.1 cm³/mol. The van der Waals surface area contributed by atoms with Crippen molar-refractivity contribution in [1.29, 1.82) is 0 Å². The van der Waals surface area contributed by atoms with Crippen molar-refractivity contribution in [3.8, 4) is 0 Å². The lowest BCUT2D eigenvalue weighted by molar-refractivity contribution is 0.429. The van der Waals surface area contributed by atoms with Gasteiger partial charge in [-0.05, 0) is 37.7 Å². The molecule has 0 saturated carbocycles. The SMILES string of the molecule is CNC(Cc1csc(C)n1)c1ccc(Cl)o1. The smallest absolute Gasteiger partial charge is 0.193 e. The number of halogens is 1. The van der Waals surface area contributed by atoms with E-state index >= 15 is 0 Å². The highest BCUT2D eigenvalue weighted by molar-refractivity contribution is 7.09. The third-order valence-electron chi connectivity index (χ3n) is 2.37. The van der Waals surface area contributed by atoms with Crippen LogP contribution in [0, 0.1) is 6.92 Å². The van der Waals surface area contributed by atoms with E-state index in [0.717, 1.165) is 22.9 Å². The first-order valence-electron chi connectivity index (χ1n) is 5.02. The van der Waals surface area contributed by atoms with E-state index in [1.54, 1.807) is 17.4 Å². The normalized spacial score (nSPS) is 12.9. The van der Waals surface area contributed by atoms with Crippen LogP contribution in [0.1, 0.15) is 22.5 Å². The van der Waals surface area contributed by atoms with E-state index in [9.17, 15) is 0 Å². The molecule has 16 heavy (non-hydrogen) atoms. The number of aromatic nitrogens is 1. The Labute approximate surface area is 103 Å². The Morgan fingerprint density at radius 2 is 2.38 bits per heavy atom. The summed E-state index contributed by atoms with van der Waals surface area (Å²) >= 11 is 7.42. The molecule has 0 saturated heterocycles. The molecule has 1 unspecified atom stereocenters. The number of furan rings is 1. The average Bonchev–Trinajstić information content (AvgIpc) is 2.84. The van der Waals surface area contributed by atoms with Crippen LogP contribution < -0.4 is 5.32 Å². The van der Waals surface area contributed by atoms with E-state index in [1.165, 1.54) is 0 Å². The minimum Gasteiger partial charge on any atom is -0.448 e. The highest BCUT2D eigenvalue weighted by atomic mass is 35.5. The lowest BCUT2D eigenvalue weighted by Gasteiger charge is -2.11. The lowest BCUT2D eigenvalue weighted by Crippen LogP contribution is -2.18. The van der Waals surface area contributed by atoms with E-state index in [1.807, 2.05) is 20.0 Å². The summed E-state index contributed by atoms with van der Waals surface area (Å²) in [5.41, 5.74) is 1.08. The van der Waals surface area contributed by atoms with Crippen LogP contribution in [0.3, 0.4) is 0 Å². The molecule has 1 N–H and O–H groups in total. The maximum atomic E-state index is 5.76. The fourth-order valence-corrected chi connectivity index (χ4v) is 2.35. The monoisotopic (exact) mass is 256 g/mol. The molecule has 0 aliphatic carbocycles. The van der Waals surface area contributed by atoms with Gasteiger partial charge in [0.15, 0.2) is 5.22 Å². The van der Waals surface area contributed by atoms with Gasteiger partial charge in [0.05, 0.1) is 16.7 Å². The standard InChI is InChI=1S/C11H13ClN2OS/c1-7-14-8(6-16-7)5-9(13-2)10-3-4-11(12)15-10/h3-4,6,9,13H,5H2,1-2H3. The number of nitrogens with one attached hydrogen (secondary N) is 1. The third-order valence-corrected chi connectivity index (χ3v) is 3.39. The van der Waals surface area contributed by atoms with Gasteiger partial charge in [0.1, 0.15) is 5.76 Å². The zero-order valence-electron chi connectivity index (χ0n) is 9.16. The summed E-state index contributed by atoms with van der Waals surface area (Å²) in [4.78, 5) is 4.43. The van der Waals surface area contributed by atoms with Crippen LogP contribution in [0.25, 0.3) is 0 Å². The number of hydrogen-bond acceptors (Lipinski definition) is 4. The van der Waals surface area contributed by atoms with Crippen molar-refractivity contribution in [2.75, 3.05) is 7.05 Å². The van der Waals surface area contributed by atoms with Crippen molar-refractivity contribution in [2.24, 2.45) is 0 Å². The van der Waals surface area contributed by atoms with Crippen molar-refractivity contribution >= 4 is 22.9 Å². The molecule has 0 fully saturated rings. The van der Waals surface area contributed by atoms with Crippen molar-refractivity contribution < 1.29 is 4.42 Å². The van der Waals surface area contributed by atoms with Gasteiger partial charge in [0.25, 0.3) is 0 Å².